The molecule has 1 saturated carbocycles. The number of nitrogens with zero attached hydrogens (tertiary/aromatic N) is 1. The molecular weight excluding hydrogens is 252 g/mol. The molecule has 0 bridgehead atoms. The Labute approximate surface area is 123 Å². The van der Waals surface area contributed by atoms with Gasteiger partial charge in [0, 0.05) is 25.2 Å². The third-order valence-electron chi connectivity index (χ3n) is 5.18. The highest BCUT2D eigenvalue weighted by molar-refractivity contribution is 5.67. The Kier molecular flexibility index (Phi) is 5.70. The van der Waals surface area contributed by atoms with Crippen molar-refractivity contribution in [2.45, 2.75) is 65.0 Å². The van der Waals surface area contributed by atoms with Gasteiger partial charge in [0.1, 0.15) is 0 Å². The van der Waals surface area contributed by atoms with Gasteiger partial charge < -0.3 is 15.0 Å². The zero-order valence-corrected chi connectivity index (χ0v) is 13.2. The molecule has 0 radical (unpaired) electrons. The van der Waals surface area contributed by atoms with Crippen LogP contribution >= 0.6 is 0 Å². The monoisotopic (exact) mass is 282 g/mol. The van der Waals surface area contributed by atoms with E-state index < -0.39 is 0 Å². The Bertz CT molecular complexity index is 314. The van der Waals surface area contributed by atoms with Crippen LogP contribution in [-0.4, -0.2) is 42.8 Å². The van der Waals surface area contributed by atoms with Gasteiger partial charge in [0.2, 0.25) is 0 Å². The number of hydrogen-bond acceptors (Lipinski definition) is 3. The van der Waals surface area contributed by atoms with E-state index >= 15 is 0 Å². The topological polar surface area (TPSA) is 41.6 Å². The quantitative estimate of drug-likeness (QED) is 0.865. The van der Waals surface area contributed by atoms with E-state index in [1.165, 1.54) is 19.3 Å². The summed E-state index contributed by atoms with van der Waals surface area (Å²) in [6.07, 6.45) is 5.99. The summed E-state index contributed by atoms with van der Waals surface area (Å²) >= 11 is 0. The Morgan fingerprint density at radius 3 is 2.55 bits per heavy atom. The van der Waals surface area contributed by atoms with Crippen LogP contribution in [0.25, 0.3) is 0 Å². The lowest BCUT2D eigenvalue weighted by Gasteiger charge is -2.39. The average molecular weight is 282 g/mol. The highest BCUT2D eigenvalue weighted by Crippen LogP contribution is 2.30. The minimum absolute atomic E-state index is 0.148. The molecule has 2 aliphatic rings. The molecule has 2 rings (SSSR count). The van der Waals surface area contributed by atoms with E-state index in [2.05, 4.69) is 19.2 Å². The number of amides is 1. The highest BCUT2D eigenvalue weighted by Gasteiger charge is 2.30. The maximum Gasteiger partial charge on any atom is 0.409 e. The van der Waals surface area contributed by atoms with E-state index in [0.717, 1.165) is 37.8 Å². The number of carbonyl (C=O) groups excluding carboxylic acids is 1. The van der Waals surface area contributed by atoms with E-state index in [9.17, 15) is 4.79 Å². The summed E-state index contributed by atoms with van der Waals surface area (Å²) in [6.45, 7) is 8.74. The van der Waals surface area contributed by atoms with Gasteiger partial charge in [-0.25, -0.2) is 4.79 Å². The first kappa shape index (κ1) is 15.6. The number of likely N-dealkylation sites (tertiary alicyclic amines) is 1. The molecule has 4 heteroatoms. The second-order valence-electron chi connectivity index (χ2n) is 6.50. The van der Waals surface area contributed by atoms with Crippen LogP contribution < -0.4 is 5.32 Å². The lowest BCUT2D eigenvalue weighted by atomic mass is 9.77. The first-order valence-corrected chi connectivity index (χ1v) is 8.29. The second kappa shape index (κ2) is 7.30. The van der Waals surface area contributed by atoms with Gasteiger partial charge in [-0.1, -0.05) is 26.7 Å². The average Bonchev–Trinajstić information content (AvgIpc) is 2.45. The number of nitrogens with one attached hydrogen (secondary N) is 1. The molecule has 1 aliphatic carbocycles. The van der Waals surface area contributed by atoms with Crippen molar-refractivity contribution >= 4 is 6.09 Å². The molecule has 4 nitrogen and oxygen atoms in total. The molecule has 2 fully saturated rings. The second-order valence-corrected chi connectivity index (χ2v) is 6.50. The van der Waals surface area contributed by atoms with Crippen molar-refractivity contribution in [2.75, 3.05) is 19.7 Å². The van der Waals surface area contributed by atoms with Crippen molar-refractivity contribution in [3.63, 3.8) is 0 Å². The van der Waals surface area contributed by atoms with Gasteiger partial charge >= 0.3 is 6.09 Å². The normalized spacial score (nSPS) is 32.1. The van der Waals surface area contributed by atoms with E-state index in [1.54, 1.807) is 0 Å². The Balaban J connectivity index is 1.75. The van der Waals surface area contributed by atoms with Gasteiger partial charge in [0.15, 0.2) is 0 Å². The van der Waals surface area contributed by atoms with Crippen molar-refractivity contribution in [1.82, 2.24) is 10.2 Å². The van der Waals surface area contributed by atoms with Crippen LogP contribution in [0.4, 0.5) is 4.79 Å². The van der Waals surface area contributed by atoms with Crippen molar-refractivity contribution in [3.8, 4) is 0 Å². The predicted molar refractivity (Wildman–Crippen MR) is 80.7 cm³/mol. The van der Waals surface area contributed by atoms with E-state index in [-0.39, 0.29) is 6.09 Å². The van der Waals surface area contributed by atoms with Crippen LogP contribution in [-0.2, 0) is 4.74 Å². The minimum Gasteiger partial charge on any atom is -0.450 e. The summed E-state index contributed by atoms with van der Waals surface area (Å²) < 4.78 is 5.06. The zero-order chi connectivity index (χ0) is 14.5. The van der Waals surface area contributed by atoms with Gasteiger partial charge in [0.05, 0.1) is 6.61 Å². The Morgan fingerprint density at radius 2 is 1.90 bits per heavy atom. The molecule has 116 valence electrons. The Morgan fingerprint density at radius 1 is 1.20 bits per heavy atom. The summed E-state index contributed by atoms with van der Waals surface area (Å²) in [5, 5.41) is 3.85. The molecule has 0 aromatic carbocycles. The van der Waals surface area contributed by atoms with Gasteiger partial charge in [-0.3, -0.25) is 0 Å². The Hall–Kier alpha value is -0.770. The fourth-order valence-electron chi connectivity index (χ4n) is 3.56. The van der Waals surface area contributed by atoms with Gasteiger partial charge in [-0.15, -0.1) is 0 Å². The van der Waals surface area contributed by atoms with E-state index in [0.29, 0.717) is 18.7 Å². The summed E-state index contributed by atoms with van der Waals surface area (Å²) in [4.78, 5) is 13.5. The molecule has 0 aromatic rings. The minimum atomic E-state index is -0.148. The van der Waals surface area contributed by atoms with Gasteiger partial charge in [-0.05, 0) is 38.0 Å². The van der Waals surface area contributed by atoms with Gasteiger partial charge in [0.25, 0.3) is 0 Å². The maximum atomic E-state index is 11.7. The molecule has 0 spiro atoms. The molecule has 1 heterocycles. The van der Waals surface area contributed by atoms with Crippen molar-refractivity contribution in [1.29, 1.82) is 0 Å². The third-order valence-corrected chi connectivity index (χ3v) is 5.18. The molecule has 3 atom stereocenters. The SMILES string of the molecule is CCOC(=O)N1CCC(N[C@H]2CCC[C@@H](C)[C@@H]2C)CC1. The zero-order valence-electron chi connectivity index (χ0n) is 13.2. The smallest absolute Gasteiger partial charge is 0.409 e. The molecule has 1 amide bonds. The summed E-state index contributed by atoms with van der Waals surface area (Å²) in [5.41, 5.74) is 0. The number of hydrogen-bond donors (Lipinski definition) is 1. The summed E-state index contributed by atoms with van der Waals surface area (Å²) in [5.74, 6) is 1.60. The summed E-state index contributed by atoms with van der Waals surface area (Å²) in [7, 11) is 0. The number of piperidine rings is 1. The molecule has 0 aromatic heterocycles. The van der Waals surface area contributed by atoms with Crippen LogP contribution in [0.3, 0.4) is 0 Å². The van der Waals surface area contributed by atoms with Gasteiger partial charge in [-0.2, -0.15) is 0 Å². The standard InChI is InChI=1S/C16H30N2O2/c1-4-20-16(19)18-10-8-14(9-11-18)17-15-7-5-6-12(2)13(15)3/h12-15,17H,4-11H2,1-3H3/t12-,13+,15+/m1/s1. The first-order chi connectivity index (χ1) is 9.61. The van der Waals surface area contributed by atoms with Crippen molar-refractivity contribution in [3.05, 3.63) is 0 Å². The molecular formula is C16H30N2O2. The fourth-order valence-corrected chi connectivity index (χ4v) is 3.56. The van der Waals surface area contributed by atoms with Crippen LogP contribution in [0.15, 0.2) is 0 Å². The molecule has 0 unspecified atom stereocenters. The van der Waals surface area contributed by atoms with Crippen LogP contribution in [0.1, 0.15) is 52.9 Å². The molecule has 1 N–H and O–H groups in total. The van der Waals surface area contributed by atoms with E-state index in [4.69, 9.17) is 4.74 Å². The lowest BCUT2D eigenvalue weighted by molar-refractivity contribution is 0.0910. The molecule has 1 aliphatic heterocycles. The fraction of sp³-hybridized carbons (Fsp3) is 0.938. The van der Waals surface area contributed by atoms with Crippen molar-refractivity contribution in [2.24, 2.45) is 11.8 Å². The lowest BCUT2D eigenvalue weighted by Crippen LogP contribution is -2.51. The number of rotatable bonds is 3. The van der Waals surface area contributed by atoms with Crippen molar-refractivity contribution < 1.29 is 9.53 Å². The first-order valence-electron chi connectivity index (χ1n) is 8.29. The maximum absolute atomic E-state index is 11.7. The van der Waals surface area contributed by atoms with Crippen LogP contribution in [0.2, 0.25) is 0 Å². The highest BCUT2D eigenvalue weighted by atomic mass is 16.6. The number of carbonyl (C=O) groups is 1. The van der Waals surface area contributed by atoms with E-state index in [1.807, 2.05) is 11.8 Å². The third kappa shape index (κ3) is 3.87. The molecule has 1 saturated heterocycles. The van der Waals surface area contributed by atoms with Crippen LogP contribution in [0, 0.1) is 11.8 Å². The predicted octanol–water partition coefficient (Wildman–Crippen LogP) is 3.02. The summed E-state index contributed by atoms with van der Waals surface area (Å²) in [6, 6.07) is 1.23. The largest absolute Gasteiger partial charge is 0.450 e. The number of ether oxygens (including phenoxy) is 1. The van der Waals surface area contributed by atoms with Crippen LogP contribution in [0.5, 0.6) is 0 Å². The molecule has 20 heavy (non-hydrogen) atoms.